The number of nitrogens with two attached hydrogens (primary N) is 1. The standard InChI is InChI=1S/C19H22N4O5/c1-22-15-10-21-7-6-12(15)17(24)23(19(22)26)14-5-4-11(9-16(14)27-2)8-13(20)18(25)28-3/h4-7,9-10,13,17,24H,8,20H2,1-3H3/t13-,17?/m0/s1. The fourth-order valence-electron chi connectivity index (χ4n) is 3.18. The number of aliphatic hydroxyl groups is 1. The summed E-state index contributed by atoms with van der Waals surface area (Å²) >= 11 is 0. The minimum absolute atomic E-state index is 0.244. The fraction of sp³-hybridized carbons (Fsp3) is 0.316. The van der Waals surface area contributed by atoms with Crippen molar-refractivity contribution < 1.29 is 24.2 Å². The average molecular weight is 386 g/mol. The van der Waals surface area contributed by atoms with Crippen LogP contribution in [0.25, 0.3) is 0 Å². The number of carbonyl (C=O) groups is 2. The minimum atomic E-state index is -1.20. The average Bonchev–Trinajstić information content (AvgIpc) is 2.72. The van der Waals surface area contributed by atoms with Gasteiger partial charge in [0.1, 0.15) is 11.8 Å². The number of esters is 1. The Kier molecular flexibility index (Phi) is 5.48. The van der Waals surface area contributed by atoms with Crippen LogP contribution in [-0.4, -0.2) is 49.4 Å². The molecule has 3 rings (SSSR count). The van der Waals surface area contributed by atoms with Crippen LogP contribution >= 0.6 is 0 Å². The number of fused-ring (bicyclic) bond motifs is 1. The Balaban J connectivity index is 1.97. The SMILES string of the molecule is COC(=O)[C@@H](N)Cc1ccc(N2C(=O)N(C)c3cnccc3C2O)c(OC)c1. The highest BCUT2D eigenvalue weighted by atomic mass is 16.5. The van der Waals surface area contributed by atoms with Crippen LogP contribution in [0.5, 0.6) is 5.75 Å². The molecule has 2 aromatic rings. The zero-order valence-corrected chi connectivity index (χ0v) is 15.8. The van der Waals surface area contributed by atoms with Crippen LogP contribution in [-0.2, 0) is 16.0 Å². The topological polar surface area (TPSA) is 118 Å². The van der Waals surface area contributed by atoms with E-state index in [1.807, 2.05) is 0 Å². The molecule has 2 atom stereocenters. The number of rotatable bonds is 5. The molecule has 0 aliphatic carbocycles. The molecule has 148 valence electrons. The zero-order valence-electron chi connectivity index (χ0n) is 15.8. The highest BCUT2D eigenvalue weighted by Crippen LogP contribution is 2.40. The molecule has 1 aromatic heterocycles. The zero-order chi connectivity index (χ0) is 20.4. The Morgan fingerprint density at radius 3 is 2.75 bits per heavy atom. The molecule has 2 heterocycles. The van der Waals surface area contributed by atoms with Gasteiger partial charge >= 0.3 is 12.0 Å². The molecule has 0 saturated heterocycles. The highest BCUT2D eigenvalue weighted by molar-refractivity contribution is 6.07. The van der Waals surface area contributed by atoms with E-state index in [1.54, 1.807) is 37.5 Å². The number of urea groups is 1. The third-order valence-electron chi connectivity index (χ3n) is 4.67. The van der Waals surface area contributed by atoms with E-state index in [0.29, 0.717) is 22.7 Å². The van der Waals surface area contributed by atoms with Gasteiger partial charge in [0, 0.05) is 18.8 Å². The number of aromatic nitrogens is 1. The van der Waals surface area contributed by atoms with Crippen LogP contribution in [0, 0.1) is 0 Å². The molecular weight excluding hydrogens is 364 g/mol. The van der Waals surface area contributed by atoms with Crippen LogP contribution in [0.3, 0.4) is 0 Å². The number of hydrogen-bond donors (Lipinski definition) is 2. The second-order valence-electron chi connectivity index (χ2n) is 6.36. The van der Waals surface area contributed by atoms with Crippen molar-refractivity contribution in [1.29, 1.82) is 0 Å². The Hall–Kier alpha value is -3.17. The van der Waals surface area contributed by atoms with E-state index in [0.717, 1.165) is 5.56 Å². The molecule has 1 aliphatic heterocycles. The van der Waals surface area contributed by atoms with Crippen LogP contribution in [0.4, 0.5) is 16.2 Å². The molecule has 2 amide bonds. The summed E-state index contributed by atoms with van der Waals surface area (Å²) in [5.41, 5.74) is 8.03. The second kappa shape index (κ2) is 7.83. The van der Waals surface area contributed by atoms with Crippen LogP contribution in [0.2, 0.25) is 0 Å². The summed E-state index contributed by atoms with van der Waals surface area (Å²) in [4.78, 5) is 31.1. The second-order valence-corrected chi connectivity index (χ2v) is 6.36. The summed E-state index contributed by atoms with van der Waals surface area (Å²) in [6.07, 6.45) is 2.13. The van der Waals surface area contributed by atoms with Gasteiger partial charge in [-0.1, -0.05) is 6.07 Å². The van der Waals surface area contributed by atoms with Crippen molar-refractivity contribution in [3.8, 4) is 5.75 Å². The van der Waals surface area contributed by atoms with E-state index in [-0.39, 0.29) is 6.42 Å². The van der Waals surface area contributed by atoms with Gasteiger partial charge in [0.25, 0.3) is 0 Å². The predicted molar refractivity (Wildman–Crippen MR) is 102 cm³/mol. The number of benzene rings is 1. The largest absolute Gasteiger partial charge is 0.495 e. The molecule has 0 bridgehead atoms. The summed E-state index contributed by atoms with van der Waals surface area (Å²) in [7, 11) is 4.35. The van der Waals surface area contributed by atoms with Crippen molar-refractivity contribution in [3.63, 3.8) is 0 Å². The van der Waals surface area contributed by atoms with Crippen molar-refractivity contribution in [2.45, 2.75) is 18.7 Å². The van der Waals surface area contributed by atoms with Crippen molar-refractivity contribution in [1.82, 2.24) is 4.98 Å². The lowest BCUT2D eigenvalue weighted by Crippen LogP contribution is -2.48. The first-order valence-corrected chi connectivity index (χ1v) is 8.58. The van der Waals surface area contributed by atoms with Crippen molar-refractivity contribution >= 4 is 23.4 Å². The number of amides is 2. The normalized spacial score (nSPS) is 17.2. The van der Waals surface area contributed by atoms with E-state index in [1.165, 1.54) is 30.2 Å². The van der Waals surface area contributed by atoms with E-state index in [9.17, 15) is 14.7 Å². The summed E-state index contributed by atoms with van der Waals surface area (Å²) in [6.45, 7) is 0. The number of ether oxygens (including phenoxy) is 2. The summed E-state index contributed by atoms with van der Waals surface area (Å²) in [5, 5.41) is 10.8. The Bertz CT molecular complexity index is 904. The third kappa shape index (κ3) is 3.37. The quantitative estimate of drug-likeness (QED) is 0.741. The Labute approximate surface area is 162 Å². The molecular formula is C19H22N4O5. The molecule has 1 aliphatic rings. The van der Waals surface area contributed by atoms with Crippen LogP contribution in [0.15, 0.2) is 36.7 Å². The van der Waals surface area contributed by atoms with E-state index >= 15 is 0 Å². The number of nitrogens with zero attached hydrogens (tertiary/aromatic N) is 3. The molecule has 0 radical (unpaired) electrons. The fourth-order valence-corrected chi connectivity index (χ4v) is 3.18. The van der Waals surface area contributed by atoms with Gasteiger partial charge in [-0.15, -0.1) is 0 Å². The Morgan fingerprint density at radius 2 is 2.07 bits per heavy atom. The first kappa shape index (κ1) is 19.6. The molecule has 9 heteroatoms. The van der Waals surface area contributed by atoms with Gasteiger partial charge in [-0.3, -0.25) is 19.6 Å². The third-order valence-corrected chi connectivity index (χ3v) is 4.67. The van der Waals surface area contributed by atoms with E-state index in [2.05, 4.69) is 9.72 Å². The van der Waals surface area contributed by atoms with E-state index < -0.39 is 24.3 Å². The number of hydrogen-bond acceptors (Lipinski definition) is 7. The molecule has 0 spiro atoms. The van der Waals surface area contributed by atoms with Crippen molar-refractivity contribution in [3.05, 3.63) is 47.8 Å². The Morgan fingerprint density at radius 1 is 1.32 bits per heavy atom. The van der Waals surface area contributed by atoms with Crippen LogP contribution < -0.4 is 20.3 Å². The van der Waals surface area contributed by atoms with Gasteiger partial charge in [-0.05, 0) is 30.2 Å². The first-order valence-electron chi connectivity index (χ1n) is 8.58. The van der Waals surface area contributed by atoms with Crippen molar-refractivity contribution in [2.24, 2.45) is 5.73 Å². The monoisotopic (exact) mass is 386 g/mol. The van der Waals surface area contributed by atoms with E-state index in [4.69, 9.17) is 10.5 Å². The van der Waals surface area contributed by atoms with Crippen LogP contribution in [0.1, 0.15) is 17.4 Å². The first-order chi connectivity index (χ1) is 13.4. The lowest BCUT2D eigenvalue weighted by atomic mass is 10.0. The molecule has 0 fully saturated rings. The minimum Gasteiger partial charge on any atom is -0.495 e. The molecule has 9 nitrogen and oxygen atoms in total. The number of pyridine rings is 1. The molecule has 1 unspecified atom stereocenters. The van der Waals surface area contributed by atoms with Gasteiger partial charge < -0.3 is 20.3 Å². The van der Waals surface area contributed by atoms with Crippen molar-refractivity contribution in [2.75, 3.05) is 31.1 Å². The van der Waals surface area contributed by atoms with Gasteiger partial charge in [0.15, 0.2) is 6.23 Å². The van der Waals surface area contributed by atoms with Gasteiger partial charge in [0.05, 0.1) is 31.8 Å². The smallest absolute Gasteiger partial charge is 0.331 e. The maximum Gasteiger partial charge on any atom is 0.331 e. The van der Waals surface area contributed by atoms with Gasteiger partial charge in [0.2, 0.25) is 0 Å². The molecule has 0 saturated carbocycles. The van der Waals surface area contributed by atoms with Gasteiger partial charge in [-0.2, -0.15) is 0 Å². The summed E-state index contributed by atoms with van der Waals surface area (Å²) in [6, 6.07) is 5.48. The van der Waals surface area contributed by atoms with Gasteiger partial charge in [-0.25, -0.2) is 4.79 Å². The number of anilines is 2. The molecule has 1 aromatic carbocycles. The number of carbonyl (C=O) groups excluding carboxylic acids is 2. The molecule has 3 N–H and O–H groups in total. The highest BCUT2D eigenvalue weighted by Gasteiger charge is 2.37. The summed E-state index contributed by atoms with van der Waals surface area (Å²) in [5.74, 6) is -0.149. The molecule has 28 heavy (non-hydrogen) atoms. The predicted octanol–water partition coefficient (Wildman–Crippen LogP) is 1.20. The number of aliphatic hydroxyl groups excluding tert-OH is 1. The lowest BCUT2D eigenvalue weighted by molar-refractivity contribution is -0.142. The maximum atomic E-state index is 12.9. The number of methoxy groups -OCH3 is 2. The maximum absolute atomic E-state index is 12.9. The lowest BCUT2D eigenvalue weighted by Gasteiger charge is -2.38. The summed E-state index contributed by atoms with van der Waals surface area (Å²) < 4.78 is 10.1.